The highest BCUT2D eigenvalue weighted by molar-refractivity contribution is 7.12. The lowest BCUT2D eigenvalue weighted by Crippen LogP contribution is -2.57. The maximum Gasteiger partial charge on any atom is 0.252 e. The Balaban J connectivity index is 1.27. The standard InChI is InChI=1S/C30H33NO2S/c1-18-7-5-6-8-26(18)23-11-9-22(10-12-23)13-27-20(3)34-21(4)28(27)29(33)31-25-16-30(17-25)14-24(15-30)19(2)32/h5-12,24-25H,13-17H2,1-4H3,(H,31,33). The van der Waals surface area contributed by atoms with Gasteiger partial charge in [0.25, 0.3) is 5.91 Å². The summed E-state index contributed by atoms with van der Waals surface area (Å²) < 4.78 is 0. The van der Waals surface area contributed by atoms with Gasteiger partial charge in [0.2, 0.25) is 0 Å². The van der Waals surface area contributed by atoms with E-state index in [4.69, 9.17) is 0 Å². The molecule has 4 heteroatoms. The molecule has 0 atom stereocenters. The summed E-state index contributed by atoms with van der Waals surface area (Å²) in [6.45, 7) is 8.03. The van der Waals surface area contributed by atoms with Gasteiger partial charge in [-0.05, 0) is 93.0 Å². The highest BCUT2D eigenvalue weighted by atomic mass is 32.1. The van der Waals surface area contributed by atoms with E-state index in [1.54, 1.807) is 18.3 Å². The van der Waals surface area contributed by atoms with Gasteiger partial charge in [0, 0.05) is 21.7 Å². The molecular weight excluding hydrogens is 438 g/mol. The number of amides is 1. The lowest BCUT2D eigenvalue weighted by Gasteiger charge is -2.57. The Morgan fingerprint density at radius 1 is 0.941 bits per heavy atom. The van der Waals surface area contributed by atoms with Crippen molar-refractivity contribution in [3.63, 3.8) is 0 Å². The third-order valence-corrected chi connectivity index (χ3v) is 9.09. The number of hydrogen-bond donors (Lipinski definition) is 1. The van der Waals surface area contributed by atoms with E-state index < -0.39 is 0 Å². The summed E-state index contributed by atoms with van der Waals surface area (Å²) in [7, 11) is 0. The van der Waals surface area contributed by atoms with Gasteiger partial charge in [-0.3, -0.25) is 9.59 Å². The van der Waals surface area contributed by atoms with Crippen molar-refractivity contribution in [2.45, 2.75) is 65.8 Å². The van der Waals surface area contributed by atoms with Crippen molar-refractivity contribution in [2.75, 3.05) is 0 Å². The molecule has 0 unspecified atom stereocenters. The monoisotopic (exact) mass is 471 g/mol. The number of rotatable bonds is 6. The zero-order valence-electron chi connectivity index (χ0n) is 20.5. The van der Waals surface area contributed by atoms with Gasteiger partial charge in [-0.1, -0.05) is 48.5 Å². The van der Waals surface area contributed by atoms with Gasteiger partial charge in [0.05, 0.1) is 5.56 Å². The van der Waals surface area contributed by atoms with Gasteiger partial charge < -0.3 is 5.32 Å². The minimum atomic E-state index is 0.0654. The number of hydrogen-bond acceptors (Lipinski definition) is 3. The number of Topliss-reactive ketones (excluding diaryl/α,β-unsaturated/α-hetero) is 1. The maximum atomic E-state index is 13.3. The Morgan fingerprint density at radius 2 is 1.62 bits per heavy atom. The van der Waals surface area contributed by atoms with Crippen molar-refractivity contribution < 1.29 is 9.59 Å². The van der Waals surface area contributed by atoms with Crippen LogP contribution in [0.5, 0.6) is 0 Å². The van der Waals surface area contributed by atoms with Crippen molar-refractivity contribution in [3.8, 4) is 11.1 Å². The fourth-order valence-electron chi connectivity index (χ4n) is 6.10. The summed E-state index contributed by atoms with van der Waals surface area (Å²) in [5, 5.41) is 3.30. The van der Waals surface area contributed by atoms with Crippen LogP contribution in [0.15, 0.2) is 48.5 Å². The quantitative estimate of drug-likeness (QED) is 0.429. The fraction of sp³-hybridized carbons (Fsp3) is 0.400. The van der Waals surface area contributed by atoms with E-state index in [9.17, 15) is 9.59 Å². The molecule has 0 saturated heterocycles. The van der Waals surface area contributed by atoms with E-state index in [-0.39, 0.29) is 17.9 Å². The first kappa shape index (κ1) is 23.0. The molecule has 5 rings (SSSR count). The van der Waals surface area contributed by atoms with Crippen molar-refractivity contribution in [1.29, 1.82) is 0 Å². The Kier molecular flexibility index (Phi) is 5.97. The molecule has 3 nitrogen and oxygen atoms in total. The maximum absolute atomic E-state index is 13.3. The average molecular weight is 472 g/mol. The number of aryl methyl sites for hydroxylation is 3. The minimum Gasteiger partial charge on any atom is -0.349 e. The van der Waals surface area contributed by atoms with Crippen LogP contribution in [0.3, 0.4) is 0 Å². The highest BCUT2D eigenvalue weighted by Gasteiger charge is 2.54. The van der Waals surface area contributed by atoms with E-state index in [2.05, 4.69) is 74.6 Å². The summed E-state index contributed by atoms with van der Waals surface area (Å²) in [6, 6.07) is 17.4. The largest absolute Gasteiger partial charge is 0.349 e. The number of benzene rings is 2. The van der Waals surface area contributed by atoms with Gasteiger partial charge in [-0.2, -0.15) is 0 Å². The first-order valence-electron chi connectivity index (χ1n) is 12.3. The molecule has 176 valence electrons. The molecule has 3 aromatic rings. The lowest BCUT2D eigenvalue weighted by atomic mass is 9.49. The van der Waals surface area contributed by atoms with Crippen molar-refractivity contribution in [2.24, 2.45) is 11.3 Å². The lowest BCUT2D eigenvalue weighted by molar-refractivity contribution is -0.134. The second-order valence-electron chi connectivity index (χ2n) is 10.6. The summed E-state index contributed by atoms with van der Waals surface area (Å²) in [5.41, 5.74) is 7.31. The molecule has 1 aromatic heterocycles. The smallest absolute Gasteiger partial charge is 0.252 e. The van der Waals surface area contributed by atoms with Crippen molar-refractivity contribution >= 4 is 23.0 Å². The van der Waals surface area contributed by atoms with Gasteiger partial charge in [0.1, 0.15) is 5.78 Å². The van der Waals surface area contributed by atoms with Gasteiger partial charge in [0.15, 0.2) is 0 Å². The predicted molar refractivity (Wildman–Crippen MR) is 140 cm³/mol. The van der Waals surface area contributed by atoms with E-state index in [1.165, 1.54) is 27.1 Å². The number of carbonyl (C=O) groups is 2. The van der Waals surface area contributed by atoms with Crippen LogP contribution in [-0.4, -0.2) is 17.7 Å². The molecule has 1 spiro atoms. The van der Waals surface area contributed by atoms with E-state index in [0.717, 1.165) is 48.1 Å². The van der Waals surface area contributed by atoms with Crippen LogP contribution in [0.1, 0.15) is 69.4 Å². The molecule has 1 amide bonds. The second-order valence-corrected chi connectivity index (χ2v) is 12.0. The van der Waals surface area contributed by atoms with Gasteiger partial charge in [-0.15, -0.1) is 11.3 Å². The van der Waals surface area contributed by atoms with Crippen LogP contribution >= 0.6 is 11.3 Å². The second kappa shape index (κ2) is 8.81. The Bertz CT molecular complexity index is 1240. The topological polar surface area (TPSA) is 46.2 Å². The summed E-state index contributed by atoms with van der Waals surface area (Å²) in [5.74, 6) is 0.636. The molecule has 0 aliphatic heterocycles. The van der Waals surface area contributed by atoms with Crippen LogP contribution in [0.4, 0.5) is 0 Å². The normalized spacial score (nSPS) is 23.3. The Hall–Kier alpha value is -2.72. The molecule has 2 aliphatic rings. The van der Waals surface area contributed by atoms with Crippen LogP contribution in [0, 0.1) is 32.1 Å². The summed E-state index contributed by atoms with van der Waals surface area (Å²) >= 11 is 1.72. The fourth-order valence-corrected chi connectivity index (χ4v) is 7.17. The number of ketones is 1. The Morgan fingerprint density at radius 3 is 2.26 bits per heavy atom. The molecule has 1 heterocycles. The molecule has 2 fully saturated rings. The van der Waals surface area contributed by atoms with E-state index in [0.29, 0.717) is 11.2 Å². The van der Waals surface area contributed by atoms with Crippen LogP contribution in [0.25, 0.3) is 11.1 Å². The molecule has 2 aromatic carbocycles. The van der Waals surface area contributed by atoms with Crippen LogP contribution in [-0.2, 0) is 11.2 Å². The van der Waals surface area contributed by atoms with Crippen molar-refractivity contribution in [1.82, 2.24) is 5.32 Å². The molecule has 34 heavy (non-hydrogen) atoms. The van der Waals surface area contributed by atoms with E-state index in [1.807, 2.05) is 0 Å². The number of thiophene rings is 1. The summed E-state index contributed by atoms with van der Waals surface area (Å²) in [4.78, 5) is 27.2. The molecule has 0 bridgehead atoms. The SMILES string of the molecule is CC(=O)C1CC2(CC(NC(=O)c3c(C)sc(C)c3Cc3ccc(-c4ccccc4C)cc3)C2)C1. The Labute approximate surface area is 206 Å². The highest BCUT2D eigenvalue weighted by Crippen LogP contribution is 2.58. The number of carbonyl (C=O) groups excluding carboxylic acids is 2. The zero-order valence-corrected chi connectivity index (χ0v) is 21.4. The van der Waals surface area contributed by atoms with Gasteiger partial charge in [-0.25, -0.2) is 0 Å². The molecule has 0 radical (unpaired) electrons. The predicted octanol–water partition coefficient (Wildman–Crippen LogP) is 6.81. The summed E-state index contributed by atoms with van der Waals surface area (Å²) in [6.07, 6.45) is 4.81. The number of nitrogens with one attached hydrogen (secondary N) is 1. The molecule has 1 N–H and O–H groups in total. The van der Waals surface area contributed by atoms with Crippen LogP contribution < -0.4 is 5.32 Å². The van der Waals surface area contributed by atoms with Crippen molar-refractivity contribution in [3.05, 3.63) is 80.5 Å². The third-order valence-electron chi connectivity index (χ3n) is 8.03. The first-order valence-corrected chi connectivity index (χ1v) is 13.1. The molecular formula is C30H33NO2S. The molecule has 2 aliphatic carbocycles. The minimum absolute atomic E-state index is 0.0654. The molecule has 2 saturated carbocycles. The van der Waals surface area contributed by atoms with Gasteiger partial charge >= 0.3 is 0 Å². The third kappa shape index (κ3) is 4.24. The first-order chi connectivity index (χ1) is 16.2. The van der Waals surface area contributed by atoms with Crippen LogP contribution in [0.2, 0.25) is 0 Å². The average Bonchev–Trinajstić information content (AvgIpc) is 3.02. The zero-order chi connectivity index (χ0) is 24.0. The van der Waals surface area contributed by atoms with E-state index >= 15 is 0 Å².